The summed E-state index contributed by atoms with van der Waals surface area (Å²) in [6, 6.07) is 4.44. The van der Waals surface area contributed by atoms with Crippen molar-refractivity contribution in [1.82, 2.24) is 5.32 Å². The first-order valence-corrected chi connectivity index (χ1v) is 6.12. The zero-order valence-corrected chi connectivity index (χ0v) is 10.3. The molecule has 0 aromatic carbocycles. The molecule has 2 unspecified atom stereocenters. The largest absolute Gasteiger partial charge is 0.469 e. The van der Waals surface area contributed by atoms with Crippen LogP contribution in [0.15, 0.2) is 22.8 Å². The molecule has 0 spiro atoms. The molecule has 2 atom stereocenters. The van der Waals surface area contributed by atoms with Crippen molar-refractivity contribution in [3.05, 3.63) is 24.2 Å². The Morgan fingerprint density at radius 1 is 1.38 bits per heavy atom. The van der Waals surface area contributed by atoms with Crippen molar-refractivity contribution < 1.29 is 9.52 Å². The molecule has 0 aliphatic rings. The summed E-state index contributed by atoms with van der Waals surface area (Å²) in [6.07, 6.45) is 5.51. The summed E-state index contributed by atoms with van der Waals surface area (Å²) in [6.45, 7) is 5.00. The van der Waals surface area contributed by atoms with Crippen molar-refractivity contribution in [3.63, 3.8) is 0 Å². The van der Waals surface area contributed by atoms with Gasteiger partial charge in [0.25, 0.3) is 0 Å². The second kappa shape index (κ2) is 7.47. The summed E-state index contributed by atoms with van der Waals surface area (Å²) in [7, 11) is 0. The fourth-order valence-electron chi connectivity index (χ4n) is 1.66. The van der Waals surface area contributed by atoms with Crippen LogP contribution in [0.2, 0.25) is 0 Å². The average Bonchev–Trinajstić information content (AvgIpc) is 2.74. The molecule has 1 heterocycles. The SMILES string of the molecule is CC(O)CCCNC(C)CCc1ccco1. The molecule has 2 N–H and O–H groups in total. The highest BCUT2D eigenvalue weighted by atomic mass is 16.3. The highest BCUT2D eigenvalue weighted by molar-refractivity contribution is 4.98. The topological polar surface area (TPSA) is 45.4 Å². The summed E-state index contributed by atoms with van der Waals surface area (Å²) in [4.78, 5) is 0. The standard InChI is InChI=1S/C13H23NO2/c1-11(14-9-3-5-12(2)15)7-8-13-6-4-10-16-13/h4,6,10-12,14-15H,3,5,7-9H2,1-2H3. The molecule has 1 aromatic rings. The van der Waals surface area contributed by atoms with Gasteiger partial charge in [0.15, 0.2) is 0 Å². The first-order valence-electron chi connectivity index (χ1n) is 6.12. The maximum Gasteiger partial charge on any atom is 0.103 e. The van der Waals surface area contributed by atoms with Crippen LogP contribution in [0.3, 0.4) is 0 Å². The Kier molecular flexibility index (Phi) is 6.19. The van der Waals surface area contributed by atoms with E-state index in [9.17, 15) is 0 Å². The molecule has 0 aliphatic heterocycles. The van der Waals surface area contributed by atoms with Crippen LogP contribution < -0.4 is 5.32 Å². The van der Waals surface area contributed by atoms with Crippen LogP contribution in [-0.2, 0) is 6.42 Å². The Bertz CT molecular complexity index is 257. The molecule has 16 heavy (non-hydrogen) atoms. The highest BCUT2D eigenvalue weighted by Gasteiger charge is 2.03. The summed E-state index contributed by atoms with van der Waals surface area (Å²) in [5, 5.41) is 12.6. The van der Waals surface area contributed by atoms with Crippen LogP contribution >= 0.6 is 0 Å². The quantitative estimate of drug-likeness (QED) is 0.668. The molecule has 1 rings (SSSR count). The van der Waals surface area contributed by atoms with Gasteiger partial charge in [0.05, 0.1) is 12.4 Å². The van der Waals surface area contributed by atoms with E-state index in [0.29, 0.717) is 6.04 Å². The maximum absolute atomic E-state index is 9.11. The third kappa shape index (κ3) is 5.93. The summed E-state index contributed by atoms with van der Waals surface area (Å²) in [5.74, 6) is 1.05. The van der Waals surface area contributed by atoms with Gasteiger partial charge >= 0.3 is 0 Å². The van der Waals surface area contributed by atoms with E-state index in [0.717, 1.165) is 38.0 Å². The molecule has 0 fully saturated rings. The average molecular weight is 225 g/mol. The van der Waals surface area contributed by atoms with Gasteiger partial charge in [-0.25, -0.2) is 0 Å². The van der Waals surface area contributed by atoms with E-state index in [1.165, 1.54) is 0 Å². The van der Waals surface area contributed by atoms with E-state index in [1.54, 1.807) is 6.26 Å². The van der Waals surface area contributed by atoms with Crippen LogP contribution in [0, 0.1) is 0 Å². The van der Waals surface area contributed by atoms with Crippen molar-refractivity contribution in [1.29, 1.82) is 0 Å². The molecule has 0 radical (unpaired) electrons. The predicted molar refractivity (Wildman–Crippen MR) is 65.4 cm³/mol. The molecule has 92 valence electrons. The number of aliphatic hydroxyl groups is 1. The monoisotopic (exact) mass is 225 g/mol. The Labute approximate surface area is 97.9 Å². The maximum atomic E-state index is 9.11. The molecule has 0 amide bonds. The second-order valence-electron chi connectivity index (χ2n) is 4.46. The first-order chi connectivity index (χ1) is 7.68. The summed E-state index contributed by atoms with van der Waals surface area (Å²) in [5.41, 5.74) is 0. The Morgan fingerprint density at radius 2 is 2.19 bits per heavy atom. The van der Waals surface area contributed by atoms with Crippen LogP contribution in [0.4, 0.5) is 0 Å². The normalized spacial score (nSPS) is 14.9. The number of rotatable bonds is 8. The minimum atomic E-state index is -0.180. The minimum absolute atomic E-state index is 0.180. The Morgan fingerprint density at radius 3 is 2.81 bits per heavy atom. The number of nitrogens with one attached hydrogen (secondary N) is 1. The number of aryl methyl sites for hydroxylation is 1. The number of furan rings is 1. The molecular formula is C13H23NO2. The first kappa shape index (κ1) is 13.3. The van der Waals surface area contributed by atoms with E-state index in [2.05, 4.69) is 12.2 Å². The zero-order valence-electron chi connectivity index (χ0n) is 10.3. The van der Waals surface area contributed by atoms with Gasteiger partial charge in [-0.3, -0.25) is 0 Å². The zero-order chi connectivity index (χ0) is 11.8. The van der Waals surface area contributed by atoms with E-state index >= 15 is 0 Å². The Balaban J connectivity index is 2.00. The van der Waals surface area contributed by atoms with Gasteiger partial charge < -0.3 is 14.8 Å². The molecule has 0 saturated heterocycles. The summed E-state index contributed by atoms with van der Waals surface area (Å²) < 4.78 is 5.28. The summed E-state index contributed by atoms with van der Waals surface area (Å²) >= 11 is 0. The third-order valence-electron chi connectivity index (χ3n) is 2.70. The van der Waals surface area contributed by atoms with Crippen molar-refractivity contribution in [2.24, 2.45) is 0 Å². The van der Waals surface area contributed by atoms with Crippen molar-refractivity contribution in [3.8, 4) is 0 Å². The van der Waals surface area contributed by atoms with Crippen molar-refractivity contribution in [2.75, 3.05) is 6.54 Å². The molecule has 0 aliphatic carbocycles. The van der Waals surface area contributed by atoms with E-state index in [1.807, 2.05) is 19.1 Å². The molecule has 3 nitrogen and oxygen atoms in total. The molecular weight excluding hydrogens is 202 g/mol. The number of hydrogen-bond acceptors (Lipinski definition) is 3. The highest BCUT2D eigenvalue weighted by Crippen LogP contribution is 2.05. The van der Waals surface area contributed by atoms with Crippen LogP contribution in [0.1, 0.15) is 38.9 Å². The second-order valence-corrected chi connectivity index (χ2v) is 4.46. The lowest BCUT2D eigenvalue weighted by atomic mass is 10.1. The van der Waals surface area contributed by atoms with Gasteiger partial charge in [-0.05, 0) is 51.8 Å². The van der Waals surface area contributed by atoms with E-state index < -0.39 is 0 Å². The number of aliphatic hydroxyl groups excluding tert-OH is 1. The van der Waals surface area contributed by atoms with Crippen LogP contribution in [0.5, 0.6) is 0 Å². The van der Waals surface area contributed by atoms with E-state index in [-0.39, 0.29) is 6.10 Å². The number of hydrogen-bond donors (Lipinski definition) is 2. The van der Waals surface area contributed by atoms with Gasteiger partial charge in [0, 0.05) is 12.5 Å². The Hall–Kier alpha value is -0.800. The minimum Gasteiger partial charge on any atom is -0.469 e. The van der Waals surface area contributed by atoms with Gasteiger partial charge in [0.2, 0.25) is 0 Å². The van der Waals surface area contributed by atoms with Crippen LogP contribution in [-0.4, -0.2) is 23.8 Å². The lowest BCUT2D eigenvalue weighted by molar-refractivity contribution is 0.181. The van der Waals surface area contributed by atoms with Crippen molar-refractivity contribution in [2.45, 2.75) is 51.7 Å². The fraction of sp³-hybridized carbons (Fsp3) is 0.692. The molecule has 0 saturated carbocycles. The lowest BCUT2D eigenvalue weighted by Crippen LogP contribution is -2.27. The smallest absolute Gasteiger partial charge is 0.103 e. The van der Waals surface area contributed by atoms with Gasteiger partial charge in [-0.2, -0.15) is 0 Å². The molecule has 3 heteroatoms. The van der Waals surface area contributed by atoms with Crippen molar-refractivity contribution >= 4 is 0 Å². The predicted octanol–water partition coefficient (Wildman–Crippen LogP) is 2.35. The van der Waals surface area contributed by atoms with Gasteiger partial charge in [0.1, 0.15) is 5.76 Å². The van der Waals surface area contributed by atoms with Gasteiger partial charge in [-0.1, -0.05) is 0 Å². The third-order valence-corrected chi connectivity index (χ3v) is 2.70. The fourth-order valence-corrected chi connectivity index (χ4v) is 1.66. The van der Waals surface area contributed by atoms with E-state index in [4.69, 9.17) is 9.52 Å². The van der Waals surface area contributed by atoms with Crippen LogP contribution in [0.25, 0.3) is 0 Å². The molecule has 0 bridgehead atoms. The lowest BCUT2D eigenvalue weighted by Gasteiger charge is -2.13. The molecule has 1 aromatic heterocycles. The van der Waals surface area contributed by atoms with Gasteiger partial charge in [-0.15, -0.1) is 0 Å².